The second-order valence-electron chi connectivity index (χ2n) is 7.67. The summed E-state index contributed by atoms with van der Waals surface area (Å²) in [6, 6.07) is 13.3. The number of para-hydroxylation sites is 1. The molecule has 3 amide bonds. The van der Waals surface area contributed by atoms with Crippen LogP contribution in [0.25, 0.3) is 11.0 Å². The van der Waals surface area contributed by atoms with Gasteiger partial charge in [0.2, 0.25) is 11.8 Å². The average molecular weight is 440 g/mol. The molecule has 3 unspecified atom stereocenters. The number of imide groups is 1. The molecule has 158 valence electrons. The predicted molar refractivity (Wildman–Crippen MR) is 112 cm³/mol. The van der Waals surface area contributed by atoms with Gasteiger partial charge in [0.15, 0.2) is 6.10 Å². The number of benzene rings is 2. The monoisotopic (exact) mass is 439 g/mol. The summed E-state index contributed by atoms with van der Waals surface area (Å²) in [5, 5.41) is 2.55. The fourth-order valence-electron chi connectivity index (χ4n) is 4.20. The third kappa shape index (κ3) is 3.11. The molecule has 1 aromatic heterocycles. The van der Waals surface area contributed by atoms with Crippen LogP contribution < -0.4 is 10.6 Å². The van der Waals surface area contributed by atoms with E-state index in [1.165, 1.54) is 5.06 Å². The van der Waals surface area contributed by atoms with Gasteiger partial charge in [0.05, 0.1) is 5.69 Å². The number of aryl methyl sites for hydroxylation is 1. The van der Waals surface area contributed by atoms with E-state index in [9.17, 15) is 14.4 Å². The van der Waals surface area contributed by atoms with Gasteiger partial charge in [-0.25, -0.2) is 4.90 Å². The second kappa shape index (κ2) is 7.19. The fraction of sp³-hybridized carbons (Fsp3) is 0.227. The zero-order valence-electron chi connectivity index (χ0n) is 16.4. The molecule has 0 spiro atoms. The van der Waals surface area contributed by atoms with Crippen molar-refractivity contribution in [3.05, 3.63) is 64.9 Å². The van der Waals surface area contributed by atoms with Gasteiger partial charge in [0, 0.05) is 10.4 Å². The summed E-state index contributed by atoms with van der Waals surface area (Å²) >= 11 is 6.20. The van der Waals surface area contributed by atoms with Crippen molar-refractivity contribution in [3.63, 3.8) is 0 Å². The topological polar surface area (TPSA) is 106 Å². The van der Waals surface area contributed by atoms with Gasteiger partial charge in [-0.1, -0.05) is 35.9 Å². The maximum absolute atomic E-state index is 13.4. The van der Waals surface area contributed by atoms with Gasteiger partial charge in [0.25, 0.3) is 5.91 Å². The van der Waals surface area contributed by atoms with Crippen LogP contribution in [0.15, 0.2) is 52.9 Å². The number of anilines is 1. The third-order valence-electron chi connectivity index (χ3n) is 5.66. The van der Waals surface area contributed by atoms with E-state index >= 15 is 0 Å². The summed E-state index contributed by atoms with van der Waals surface area (Å²) in [6.07, 6.45) is -1.09. The smallest absolute Gasteiger partial charge is 0.265 e. The van der Waals surface area contributed by atoms with Crippen molar-refractivity contribution in [2.24, 2.45) is 11.7 Å². The number of furan rings is 1. The lowest BCUT2D eigenvalue weighted by atomic mass is 9.94. The maximum atomic E-state index is 13.4. The maximum Gasteiger partial charge on any atom is 0.265 e. The van der Waals surface area contributed by atoms with Gasteiger partial charge >= 0.3 is 0 Å². The number of nitrogens with zero attached hydrogens (tertiary/aromatic N) is 2. The van der Waals surface area contributed by atoms with E-state index in [1.54, 1.807) is 30.3 Å². The molecule has 2 saturated heterocycles. The number of rotatable bonds is 4. The highest BCUT2D eigenvalue weighted by molar-refractivity contribution is 6.32. The van der Waals surface area contributed by atoms with Crippen molar-refractivity contribution in [1.82, 2.24) is 5.06 Å². The molecule has 0 radical (unpaired) electrons. The van der Waals surface area contributed by atoms with E-state index in [2.05, 4.69) is 0 Å². The van der Waals surface area contributed by atoms with Crippen molar-refractivity contribution < 1.29 is 23.6 Å². The summed E-state index contributed by atoms with van der Waals surface area (Å²) in [4.78, 5) is 45.0. The minimum absolute atomic E-state index is 0.286. The number of carbonyl (C=O) groups excluding carboxylic acids is 3. The van der Waals surface area contributed by atoms with E-state index in [-0.39, 0.29) is 6.54 Å². The molecule has 3 atom stereocenters. The Bertz CT molecular complexity index is 1210. The minimum Gasteiger partial charge on any atom is -0.459 e. The van der Waals surface area contributed by atoms with Crippen LogP contribution in [0.4, 0.5) is 5.69 Å². The number of halogens is 1. The molecule has 3 aromatic rings. The molecule has 2 aliphatic heterocycles. The molecule has 0 saturated carbocycles. The number of nitrogens with two attached hydrogens (primary N) is 1. The first-order chi connectivity index (χ1) is 14.8. The molecule has 2 aliphatic rings. The lowest BCUT2D eigenvalue weighted by Gasteiger charge is -2.24. The highest BCUT2D eigenvalue weighted by Crippen LogP contribution is 2.46. The zero-order chi connectivity index (χ0) is 21.9. The lowest BCUT2D eigenvalue weighted by Crippen LogP contribution is -2.40. The molecule has 2 aromatic carbocycles. The normalized spacial score (nSPS) is 23.7. The molecule has 0 aliphatic carbocycles. The number of hydroxylamine groups is 2. The predicted octanol–water partition coefficient (Wildman–Crippen LogP) is 2.73. The molecule has 5 rings (SSSR count). The van der Waals surface area contributed by atoms with Crippen LogP contribution in [0.2, 0.25) is 5.02 Å². The Hall–Kier alpha value is -3.20. The van der Waals surface area contributed by atoms with E-state index in [4.69, 9.17) is 26.6 Å². The number of hydrogen-bond donors (Lipinski definition) is 1. The van der Waals surface area contributed by atoms with Crippen molar-refractivity contribution in [3.8, 4) is 0 Å². The minimum atomic E-state index is -1.09. The highest BCUT2D eigenvalue weighted by Gasteiger charge is 2.61. The van der Waals surface area contributed by atoms with Gasteiger partial charge < -0.3 is 10.2 Å². The van der Waals surface area contributed by atoms with E-state index in [0.29, 0.717) is 22.1 Å². The Balaban J connectivity index is 1.57. The van der Waals surface area contributed by atoms with Crippen LogP contribution >= 0.6 is 11.6 Å². The molecule has 31 heavy (non-hydrogen) atoms. The van der Waals surface area contributed by atoms with Crippen LogP contribution in [0, 0.1) is 12.8 Å². The van der Waals surface area contributed by atoms with Gasteiger partial charge in [-0.05, 0) is 36.8 Å². The summed E-state index contributed by atoms with van der Waals surface area (Å²) in [5.74, 6) is -2.11. The first-order valence-electron chi connectivity index (χ1n) is 9.69. The van der Waals surface area contributed by atoms with Crippen molar-refractivity contribution in [2.45, 2.75) is 19.1 Å². The average Bonchev–Trinajstić information content (AvgIpc) is 3.36. The molecular weight excluding hydrogens is 422 g/mol. The number of primary amides is 1. The number of hydrogen-bond acceptors (Lipinski definition) is 6. The van der Waals surface area contributed by atoms with Gasteiger partial charge in [-0.2, -0.15) is 5.06 Å². The van der Waals surface area contributed by atoms with Gasteiger partial charge in [0.1, 0.15) is 29.8 Å². The summed E-state index contributed by atoms with van der Waals surface area (Å²) < 4.78 is 5.95. The van der Waals surface area contributed by atoms with Crippen LogP contribution in [-0.4, -0.2) is 35.4 Å². The van der Waals surface area contributed by atoms with Crippen molar-refractivity contribution in [1.29, 1.82) is 0 Å². The first kappa shape index (κ1) is 19.7. The quantitative estimate of drug-likeness (QED) is 0.626. The van der Waals surface area contributed by atoms with Crippen molar-refractivity contribution in [2.75, 3.05) is 11.4 Å². The van der Waals surface area contributed by atoms with Crippen LogP contribution in [-0.2, 0) is 19.2 Å². The van der Waals surface area contributed by atoms with Crippen LogP contribution in [0.3, 0.4) is 0 Å². The fourth-order valence-corrected chi connectivity index (χ4v) is 4.38. The Labute approximate surface area is 182 Å². The van der Waals surface area contributed by atoms with Gasteiger partial charge in [-0.3, -0.25) is 19.2 Å². The van der Waals surface area contributed by atoms with E-state index in [1.807, 2.05) is 25.1 Å². The molecule has 9 heteroatoms. The van der Waals surface area contributed by atoms with E-state index < -0.39 is 35.8 Å². The SMILES string of the molecule is Cc1ccc(N2C(=O)C3ON(CC(N)=O)C(c4cc5ccccc5o4)C3C2=O)cc1Cl. The molecule has 2 fully saturated rings. The van der Waals surface area contributed by atoms with Crippen LogP contribution in [0.5, 0.6) is 0 Å². The number of carbonyl (C=O) groups is 3. The van der Waals surface area contributed by atoms with E-state index in [0.717, 1.165) is 15.8 Å². The Morgan fingerprint density at radius 1 is 1.13 bits per heavy atom. The van der Waals surface area contributed by atoms with Crippen molar-refractivity contribution >= 4 is 46.0 Å². The summed E-state index contributed by atoms with van der Waals surface area (Å²) in [5.41, 5.74) is 7.19. The molecule has 0 bridgehead atoms. The number of amides is 3. The van der Waals surface area contributed by atoms with Gasteiger partial charge in [-0.15, -0.1) is 0 Å². The Morgan fingerprint density at radius 2 is 1.90 bits per heavy atom. The molecular formula is C22H18ClN3O5. The standard InChI is InChI=1S/C22H18ClN3O5/c1-11-6-7-13(9-14(11)23)26-21(28)18-19(16-8-12-4-2-3-5-15(12)30-16)25(10-17(24)27)31-20(18)22(26)29/h2-9,18-20H,10H2,1H3,(H2,24,27). The highest BCUT2D eigenvalue weighted by atomic mass is 35.5. The molecule has 2 N–H and O–H groups in total. The lowest BCUT2D eigenvalue weighted by molar-refractivity contribution is -0.176. The molecule has 8 nitrogen and oxygen atoms in total. The zero-order valence-corrected chi connectivity index (χ0v) is 17.2. The second-order valence-corrected chi connectivity index (χ2v) is 8.08. The van der Waals surface area contributed by atoms with Crippen LogP contribution in [0.1, 0.15) is 17.4 Å². The summed E-state index contributed by atoms with van der Waals surface area (Å²) in [6.45, 7) is 1.54. The third-order valence-corrected chi connectivity index (χ3v) is 6.06. The molecule has 3 heterocycles. The number of fused-ring (bicyclic) bond motifs is 2. The largest absolute Gasteiger partial charge is 0.459 e. The summed E-state index contributed by atoms with van der Waals surface area (Å²) in [7, 11) is 0. The first-order valence-corrected chi connectivity index (χ1v) is 10.1. The Kier molecular flexibility index (Phi) is 4.58. The Morgan fingerprint density at radius 3 is 2.61 bits per heavy atom.